The zero-order valence-corrected chi connectivity index (χ0v) is 18.3. The number of carbonyl (C=O) groups excluding carboxylic acids is 2. The number of halogens is 1. The highest BCUT2D eigenvalue weighted by molar-refractivity contribution is 5.95. The molecule has 1 fully saturated rings. The molecule has 3 aromatic rings. The Morgan fingerprint density at radius 3 is 2.39 bits per heavy atom. The fraction of sp³-hybridized carbons (Fsp3) is 0.333. The van der Waals surface area contributed by atoms with Gasteiger partial charge < -0.3 is 14.5 Å². The molecular weight excluding hydrogens is 425 g/mol. The topological polar surface area (TPSA) is 80.6 Å². The van der Waals surface area contributed by atoms with Crippen molar-refractivity contribution in [1.82, 2.24) is 24.8 Å². The third-order valence-corrected chi connectivity index (χ3v) is 6.16. The Bertz CT molecular complexity index is 1190. The van der Waals surface area contributed by atoms with Gasteiger partial charge in [0.1, 0.15) is 11.9 Å². The molecule has 1 saturated heterocycles. The molecular formula is C24H24FN5O3. The van der Waals surface area contributed by atoms with E-state index in [1.165, 1.54) is 12.1 Å². The molecule has 5 rings (SSSR count). The lowest BCUT2D eigenvalue weighted by Crippen LogP contribution is -2.50. The second-order valence-corrected chi connectivity index (χ2v) is 8.37. The van der Waals surface area contributed by atoms with Crippen molar-refractivity contribution in [2.75, 3.05) is 26.2 Å². The molecule has 0 N–H and O–H groups in total. The Labute approximate surface area is 190 Å². The molecule has 9 heteroatoms. The first kappa shape index (κ1) is 21.3. The molecule has 0 unspecified atom stereocenters. The fourth-order valence-electron chi connectivity index (χ4n) is 4.28. The van der Waals surface area contributed by atoms with E-state index < -0.39 is 0 Å². The maximum absolute atomic E-state index is 13.2. The van der Waals surface area contributed by atoms with Crippen LogP contribution < -0.4 is 0 Å². The van der Waals surface area contributed by atoms with Crippen LogP contribution in [0.1, 0.15) is 43.8 Å². The van der Waals surface area contributed by atoms with Gasteiger partial charge in [-0.05, 0) is 36.8 Å². The minimum Gasteiger partial charge on any atom is -0.365 e. The first-order valence-corrected chi connectivity index (χ1v) is 10.9. The highest BCUT2D eigenvalue weighted by Crippen LogP contribution is 2.27. The number of piperazine rings is 1. The molecule has 2 amide bonds. The Balaban J connectivity index is 1.23. The van der Waals surface area contributed by atoms with Crippen molar-refractivity contribution < 1.29 is 18.7 Å². The van der Waals surface area contributed by atoms with Crippen LogP contribution >= 0.6 is 0 Å². The van der Waals surface area contributed by atoms with E-state index in [9.17, 15) is 14.0 Å². The number of hydrogen-bond donors (Lipinski definition) is 0. The molecule has 0 aliphatic carbocycles. The summed E-state index contributed by atoms with van der Waals surface area (Å²) in [6.07, 6.45) is -0.279. The minimum absolute atomic E-state index is 0.0212. The monoisotopic (exact) mass is 449 g/mol. The van der Waals surface area contributed by atoms with Gasteiger partial charge in [-0.25, -0.2) is 9.07 Å². The molecule has 1 aromatic heterocycles. The van der Waals surface area contributed by atoms with Crippen LogP contribution in [-0.2, 0) is 17.9 Å². The third-order valence-electron chi connectivity index (χ3n) is 6.16. The summed E-state index contributed by atoms with van der Waals surface area (Å²) in [6, 6.07) is 13.7. The lowest BCUT2D eigenvalue weighted by atomic mass is 10.1. The largest absolute Gasteiger partial charge is 0.365 e. The number of carbonyl (C=O) groups is 2. The van der Waals surface area contributed by atoms with Crippen molar-refractivity contribution in [3.63, 3.8) is 0 Å². The Morgan fingerprint density at radius 2 is 1.70 bits per heavy atom. The van der Waals surface area contributed by atoms with Crippen molar-refractivity contribution in [2.24, 2.45) is 0 Å². The first-order valence-electron chi connectivity index (χ1n) is 10.9. The molecule has 2 aromatic carbocycles. The van der Waals surface area contributed by atoms with Gasteiger partial charge in [0, 0.05) is 31.7 Å². The van der Waals surface area contributed by atoms with Crippen LogP contribution in [0.15, 0.2) is 48.5 Å². The number of aryl methyl sites for hydroxylation is 1. The van der Waals surface area contributed by atoms with Crippen molar-refractivity contribution in [2.45, 2.75) is 26.2 Å². The molecule has 8 nitrogen and oxygen atoms in total. The lowest BCUT2D eigenvalue weighted by molar-refractivity contribution is -0.00206. The van der Waals surface area contributed by atoms with Gasteiger partial charge in [-0.2, -0.15) is 0 Å². The minimum atomic E-state index is -0.301. The summed E-state index contributed by atoms with van der Waals surface area (Å²) in [5.74, 6) is -0.528. The Hall–Kier alpha value is -3.59. The van der Waals surface area contributed by atoms with Gasteiger partial charge in [0.25, 0.3) is 11.8 Å². The Morgan fingerprint density at radius 1 is 1.00 bits per heavy atom. The van der Waals surface area contributed by atoms with Crippen LogP contribution in [0.4, 0.5) is 4.39 Å². The molecule has 170 valence electrons. The predicted molar refractivity (Wildman–Crippen MR) is 117 cm³/mol. The van der Waals surface area contributed by atoms with Crippen LogP contribution in [-0.4, -0.2) is 62.8 Å². The van der Waals surface area contributed by atoms with Crippen molar-refractivity contribution in [3.05, 3.63) is 82.4 Å². The van der Waals surface area contributed by atoms with E-state index in [4.69, 9.17) is 4.74 Å². The van der Waals surface area contributed by atoms with E-state index in [-0.39, 0.29) is 36.0 Å². The van der Waals surface area contributed by atoms with Gasteiger partial charge in [0.05, 0.1) is 18.8 Å². The molecule has 0 radical (unpaired) electrons. The van der Waals surface area contributed by atoms with Crippen LogP contribution in [0.2, 0.25) is 0 Å². The zero-order chi connectivity index (χ0) is 22.9. The maximum atomic E-state index is 13.2. The molecule has 0 spiro atoms. The zero-order valence-electron chi connectivity index (χ0n) is 18.3. The van der Waals surface area contributed by atoms with Gasteiger partial charge in [-0.3, -0.25) is 9.59 Å². The molecule has 33 heavy (non-hydrogen) atoms. The van der Waals surface area contributed by atoms with Crippen LogP contribution in [0, 0.1) is 12.7 Å². The highest BCUT2D eigenvalue weighted by Gasteiger charge is 2.32. The van der Waals surface area contributed by atoms with E-state index >= 15 is 0 Å². The van der Waals surface area contributed by atoms with Gasteiger partial charge in [0.15, 0.2) is 5.69 Å². The van der Waals surface area contributed by atoms with E-state index in [1.54, 1.807) is 26.6 Å². The lowest BCUT2D eigenvalue weighted by Gasteiger charge is -2.34. The van der Waals surface area contributed by atoms with Crippen molar-refractivity contribution in [3.8, 4) is 0 Å². The van der Waals surface area contributed by atoms with Crippen LogP contribution in [0.3, 0.4) is 0 Å². The van der Waals surface area contributed by atoms with Crippen molar-refractivity contribution in [1.29, 1.82) is 0 Å². The molecule has 1 atom stereocenters. The summed E-state index contributed by atoms with van der Waals surface area (Å²) >= 11 is 0. The van der Waals surface area contributed by atoms with Crippen LogP contribution in [0.25, 0.3) is 0 Å². The normalized spacial score (nSPS) is 18.2. The first-order chi connectivity index (χ1) is 16.0. The van der Waals surface area contributed by atoms with E-state index in [2.05, 4.69) is 10.3 Å². The van der Waals surface area contributed by atoms with Gasteiger partial charge in [-0.1, -0.05) is 35.0 Å². The molecule has 2 aliphatic rings. The van der Waals surface area contributed by atoms with Crippen LogP contribution in [0.5, 0.6) is 0 Å². The van der Waals surface area contributed by atoms with Gasteiger partial charge in [-0.15, -0.1) is 5.10 Å². The van der Waals surface area contributed by atoms with E-state index in [0.717, 1.165) is 11.1 Å². The SMILES string of the molecule is Cc1cccc(C(=O)N2CCN(C(=O)c3nnn4c3CO[C@H](c3ccc(F)cc3)C4)CC2)c1. The number of nitrogens with zero attached hydrogens (tertiary/aromatic N) is 5. The third kappa shape index (κ3) is 4.23. The number of amides is 2. The second kappa shape index (κ2) is 8.74. The van der Waals surface area contributed by atoms with Gasteiger partial charge >= 0.3 is 0 Å². The quantitative estimate of drug-likeness (QED) is 0.614. The van der Waals surface area contributed by atoms with E-state index in [0.29, 0.717) is 44.0 Å². The smallest absolute Gasteiger partial charge is 0.276 e. The summed E-state index contributed by atoms with van der Waals surface area (Å²) in [7, 11) is 0. The average Bonchev–Trinajstić information content (AvgIpc) is 3.27. The fourth-order valence-corrected chi connectivity index (χ4v) is 4.28. The summed E-state index contributed by atoms with van der Waals surface area (Å²) < 4.78 is 20.8. The summed E-state index contributed by atoms with van der Waals surface area (Å²) in [5.41, 5.74) is 3.47. The number of hydrogen-bond acceptors (Lipinski definition) is 5. The number of benzene rings is 2. The molecule has 0 saturated carbocycles. The maximum Gasteiger partial charge on any atom is 0.276 e. The number of rotatable bonds is 3. The molecule has 3 heterocycles. The number of fused-ring (bicyclic) bond motifs is 1. The summed E-state index contributed by atoms with van der Waals surface area (Å²) in [5, 5.41) is 8.29. The number of ether oxygens (including phenoxy) is 1. The molecule has 2 aliphatic heterocycles. The number of aromatic nitrogens is 3. The average molecular weight is 449 g/mol. The second-order valence-electron chi connectivity index (χ2n) is 8.37. The summed E-state index contributed by atoms with van der Waals surface area (Å²) in [6.45, 7) is 4.35. The standard InChI is InChI=1S/C24H24FN5O3/c1-16-3-2-4-18(13-16)23(31)28-9-11-29(12-10-28)24(32)22-20-15-33-21(14-30(20)27-26-22)17-5-7-19(25)8-6-17/h2-8,13,21H,9-12,14-15H2,1H3/t21-/m0/s1. The summed E-state index contributed by atoms with van der Waals surface area (Å²) in [4.78, 5) is 29.4. The van der Waals surface area contributed by atoms with E-state index in [1.807, 2.05) is 31.2 Å². The molecule has 0 bridgehead atoms. The van der Waals surface area contributed by atoms with Crippen molar-refractivity contribution >= 4 is 11.8 Å². The Kier molecular flexibility index (Phi) is 5.63. The highest BCUT2D eigenvalue weighted by atomic mass is 19.1. The van der Waals surface area contributed by atoms with Gasteiger partial charge in [0.2, 0.25) is 0 Å². The predicted octanol–water partition coefficient (Wildman–Crippen LogP) is 2.60.